The first kappa shape index (κ1) is 21.8. The summed E-state index contributed by atoms with van der Waals surface area (Å²) in [4.78, 5) is 20.5. The van der Waals surface area contributed by atoms with Crippen molar-refractivity contribution in [1.82, 2.24) is 4.90 Å². The van der Waals surface area contributed by atoms with Crippen LogP contribution in [-0.4, -0.2) is 36.3 Å². The third-order valence-corrected chi connectivity index (χ3v) is 5.63. The Morgan fingerprint density at radius 1 is 1.16 bits per heavy atom. The molecular formula is C25H22ClFN2O3. The molecule has 0 radical (unpaired) electrons. The van der Waals surface area contributed by atoms with Gasteiger partial charge in [-0.1, -0.05) is 41.0 Å². The van der Waals surface area contributed by atoms with E-state index in [4.69, 9.17) is 21.2 Å². The molecule has 164 valence electrons. The summed E-state index contributed by atoms with van der Waals surface area (Å²) in [5.74, 6) is -0.00174. The van der Waals surface area contributed by atoms with Gasteiger partial charge in [0.1, 0.15) is 11.6 Å². The molecule has 1 aliphatic rings. The van der Waals surface area contributed by atoms with Gasteiger partial charge in [0.05, 0.1) is 19.4 Å². The van der Waals surface area contributed by atoms with Gasteiger partial charge in [0, 0.05) is 23.6 Å². The highest BCUT2D eigenvalue weighted by Crippen LogP contribution is 2.23. The number of ether oxygens (including phenoxy) is 1. The molecule has 0 saturated heterocycles. The normalized spacial score (nSPS) is 15.1. The van der Waals surface area contributed by atoms with Gasteiger partial charge in [0.25, 0.3) is 5.91 Å². The van der Waals surface area contributed by atoms with Crippen molar-refractivity contribution < 1.29 is 18.8 Å². The Balaban J connectivity index is 1.51. The fourth-order valence-corrected chi connectivity index (χ4v) is 3.78. The number of hydrogen-bond acceptors (Lipinski definition) is 4. The molecule has 32 heavy (non-hydrogen) atoms. The molecule has 1 amide bonds. The highest BCUT2D eigenvalue weighted by Gasteiger charge is 2.28. The van der Waals surface area contributed by atoms with Gasteiger partial charge in [0.15, 0.2) is 6.10 Å². The second-order valence-corrected chi connectivity index (χ2v) is 7.89. The van der Waals surface area contributed by atoms with E-state index in [0.29, 0.717) is 11.4 Å². The van der Waals surface area contributed by atoms with Gasteiger partial charge in [-0.2, -0.15) is 0 Å². The van der Waals surface area contributed by atoms with Crippen molar-refractivity contribution in [1.29, 1.82) is 0 Å². The molecule has 5 nitrogen and oxygen atoms in total. The van der Waals surface area contributed by atoms with Crippen LogP contribution in [0.2, 0.25) is 5.02 Å². The lowest BCUT2D eigenvalue weighted by molar-refractivity contribution is 0.0405. The zero-order valence-electron chi connectivity index (χ0n) is 17.5. The molecule has 0 bridgehead atoms. The van der Waals surface area contributed by atoms with Crippen LogP contribution in [-0.2, 0) is 11.4 Å². The van der Waals surface area contributed by atoms with Gasteiger partial charge in [-0.25, -0.2) is 4.39 Å². The number of methoxy groups -OCH3 is 1. The van der Waals surface area contributed by atoms with E-state index >= 15 is 0 Å². The maximum absolute atomic E-state index is 13.7. The Morgan fingerprint density at radius 3 is 2.66 bits per heavy atom. The average molecular weight is 453 g/mol. The van der Waals surface area contributed by atoms with Gasteiger partial charge in [-0.15, -0.1) is 0 Å². The van der Waals surface area contributed by atoms with Crippen LogP contribution in [0.1, 0.15) is 27.9 Å². The van der Waals surface area contributed by atoms with Crippen molar-refractivity contribution in [3.05, 3.63) is 100 Å². The predicted octanol–water partition coefficient (Wildman–Crippen LogP) is 5.32. The number of rotatable bonds is 7. The Bertz CT molecular complexity index is 1130. The van der Waals surface area contributed by atoms with E-state index in [9.17, 15) is 9.18 Å². The Morgan fingerprint density at radius 2 is 1.94 bits per heavy atom. The number of amides is 1. The number of hydrogen-bond donors (Lipinski definition) is 0. The fraction of sp³-hybridized carbons (Fsp3) is 0.200. The first-order valence-electron chi connectivity index (χ1n) is 10.2. The lowest BCUT2D eigenvalue weighted by atomic mass is 10.0. The summed E-state index contributed by atoms with van der Waals surface area (Å²) in [7, 11) is 1.62. The number of benzene rings is 3. The molecule has 0 fully saturated rings. The summed E-state index contributed by atoms with van der Waals surface area (Å²) in [5, 5.41) is 4.78. The molecule has 0 aliphatic carbocycles. The summed E-state index contributed by atoms with van der Waals surface area (Å²) in [5.41, 5.74) is 2.80. The zero-order chi connectivity index (χ0) is 22.5. The second kappa shape index (κ2) is 9.83. The van der Waals surface area contributed by atoms with Crippen LogP contribution in [0.4, 0.5) is 4.39 Å². The van der Waals surface area contributed by atoms with E-state index < -0.39 is 5.82 Å². The summed E-state index contributed by atoms with van der Waals surface area (Å²) >= 11 is 6.33. The van der Waals surface area contributed by atoms with Crippen LogP contribution in [0.15, 0.2) is 78.0 Å². The molecule has 3 aromatic carbocycles. The molecule has 0 N–H and O–H groups in total. The minimum atomic E-state index is -0.462. The molecule has 0 spiro atoms. The van der Waals surface area contributed by atoms with Gasteiger partial charge in [-0.3, -0.25) is 4.79 Å². The monoisotopic (exact) mass is 452 g/mol. The summed E-state index contributed by atoms with van der Waals surface area (Å²) < 4.78 is 18.9. The third-order valence-electron chi connectivity index (χ3n) is 5.26. The standard InChI is InChI=1S/C25H22ClFN2O3/c1-31-21-11-9-17(10-12-21)24-14-22(32-28-24)16-29(15-19-5-2-3-8-23(19)26)25(30)18-6-4-7-20(27)13-18/h2-13,22H,14-16H2,1H3. The van der Waals surface area contributed by atoms with Crippen LogP contribution >= 0.6 is 11.6 Å². The van der Waals surface area contributed by atoms with Crippen molar-refractivity contribution in [2.75, 3.05) is 13.7 Å². The lowest BCUT2D eigenvalue weighted by Crippen LogP contribution is -2.37. The molecule has 1 aliphatic heterocycles. The molecule has 1 atom stereocenters. The van der Waals surface area contributed by atoms with E-state index in [2.05, 4.69) is 5.16 Å². The highest BCUT2D eigenvalue weighted by molar-refractivity contribution is 6.31. The van der Waals surface area contributed by atoms with Crippen molar-refractivity contribution in [3.8, 4) is 5.75 Å². The van der Waals surface area contributed by atoms with Gasteiger partial charge >= 0.3 is 0 Å². The molecule has 1 unspecified atom stereocenters. The van der Waals surface area contributed by atoms with E-state index in [1.807, 2.05) is 42.5 Å². The van der Waals surface area contributed by atoms with E-state index in [1.165, 1.54) is 18.2 Å². The highest BCUT2D eigenvalue weighted by atomic mass is 35.5. The van der Waals surface area contributed by atoms with Crippen LogP contribution in [0.5, 0.6) is 5.75 Å². The molecule has 7 heteroatoms. The largest absolute Gasteiger partial charge is 0.497 e. The Kier molecular flexibility index (Phi) is 6.71. The number of carbonyl (C=O) groups is 1. The number of halogens is 2. The van der Waals surface area contributed by atoms with E-state index in [-0.39, 0.29) is 30.7 Å². The number of nitrogens with zero attached hydrogens (tertiary/aromatic N) is 2. The maximum atomic E-state index is 13.7. The first-order valence-corrected chi connectivity index (χ1v) is 10.6. The number of oxime groups is 1. The van der Waals surface area contributed by atoms with Crippen molar-refractivity contribution in [3.63, 3.8) is 0 Å². The van der Waals surface area contributed by atoms with Crippen LogP contribution < -0.4 is 4.74 Å². The minimum absolute atomic E-state index is 0.270. The second-order valence-electron chi connectivity index (χ2n) is 7.49. The fourth-order valence-electron chi connectivity index (χ4n) is 3.58. The van der Waals surface area contributed by atoms with Gasteiger partial charge < -0.3 is 14.5 Å². The molecule has 0 saturated carbocycles. The predicted molar refractivity (Wildman–Crippen MR) is 122 cm³/mol. The molecular weight excluding hydrogens is 431 g/mol. The Hall–Kier alpha value is -3.38. The third kappa shape index (κ3) is 5.08. The van der Waals surface area contributed by atoms with E-state index in [0.717, 1.165) is 22.6 Å². The van der Waals surface area contributed by atoms with Gasteiger partial charge in [-0.05, 0) is 59.7 Å². The maximum Gasteiger partial charge on any atom is 0.254 e. The quantitative estimate of drug-likeness (QED) is 0.487. The molecule has 4 rings (SSSR count). The van der Waals surface area contributed by atoms with Crippen molar-refractivity contribution in [2.24, 2.45) is 5.16 Å². The molecule has 0 aromatic heterocycles. The SMILES string of the molecule is COc1ccc(C2=NOC(CN(Cc3ccccc3Cl)C(=O)c3cccc(F)c3)C2)cc1. The van der Waals surface area contributed by atoms with Gasteiger partial charge in [0.2, 0.25) is 0 Å². The lowest BCUT2D eigenvalue weighted by Gasteiger charge is -2.25. The molecule has 3 aromatic rings. The smallest absolute Gasteiger partial charge is 0.254 e. The van der Waals surface area contributed by atoms with Crippen LogP contribution in [0.25, 0.3) is 0 Å². The van der Waals surface area contributed by atoms with Crippen molar-refractivity contribution in [2.45, 2.75) is 19.1 Å². The number of carbonyl (C=O) groups excluding carboxylic acids is 1. The Labute approximate surface area is 191 Å². The average Bonchev–Trinajstić information content (AvgIpc) is 3.28. The molecule has 1 heterocycles. The van der Waals surface area contributed by atoms with Crippen molar-refractivity contribution >= 4 is 23.2 Å². The van der Waals surface area contributed by atoms with Crippen LogP contribution in [0.3, 0.4) is 0 Å². The van der Waals surface area contributed by atoms with Crippen LogP contribution in [0, 0.1) is 5.82 Å². The first-order chi connectivity index (χ1) is 15.5. The minimum Gasteiger partial charge on any atom is -0.497 e. The topological polar surface area (TPSA) is 51.1 Å². The summed E-state index contributed by atoms with van der Waals surface area (Å²) in [6.45, 7) is 0.552. The summed E-state index contributed by atoms with van der Waals surface area (Å²) in [6, 6.07) is 20.6. The van der Waals surface area contributed by atoms with E-state index in [1.54, 1.807) is 24.1 Å². The zero-order valence-corrected chi connectivity index (χ0v) is 18.3. The summed E-state index contributed by atoms with van der Waals surface area (Å²) in [6.07, 6.45) is 0.217.